The molecule has 7 heteroatoms. The Bertz CT molecular complexity index is 458. The zero-order valence-electron chi connectivity index (χ0n) is 11.1. The van der Waals surface area contributed by atoms with Gasteiger partial charge in [-0.3, -0.25) is 0 Å². The number of carbonyl (C=O) groups is 1. The third kappa shape index (κ3) is 4.66. The van der Waals surface area contributed by atoms with Crippen LogP contribution in [0.25, 0.3) is 0 Å². The highest BCUT2D eigenvalue weighted by atomic mass is 79.9. The second kappa shape index (κ2) is 5.32. The summed E-state index contributed by atoms with van der Waals surface area (Å²) in [6.45, 7) is 5.51. The molecule has 1 aliphatic carbocycles. The van der Waals surface area contributed by atoms with Crippen LogP contribution in [0.4, 0.5) is 10.7 Å². The van der Waals surface area contributed by atoms with E-state index in [9.17, 15) is 4.79 Å². The molecule has 0 aliphatic heterocycles. The smallest absolute Gasteiger partial charge is 0.407 e. The number of ether oxygens (including phenoxy) is 1. The van der Waals surface area contributed by atoms with Crippen molar-refractivity contribution in [3.63, 3.8) is 0 Å². The summed E-state index contributed by atoms with van der Waals surface area (Å²) in [6.07, 6.45) is 3.80. The average molecular weight is 329 g/mol. The van der Waals surface area contributed by atoms with Gasteiger partial charge in [0, 0.05) is 12.4 Å². The van der Waals surface area contributed by atoms with E-state index in [1.165, 1.54) is 0 Å². The van der Waals surface area contributed by atoms with Crippen LogP contribution in [0.15, 0.2) is 16.9 Å². The van der Waals surface area contributed by atoms with Crippen LogP contribution in [0.1, 0.15) is 27.2 Å². The Labute approximate surface area is 120 Å². The molecule has 19 heavy (non-hydrogen) atoms. The van der Waals surface area contributed by atoms with E-state index in [1.807, 2.05) is 20.8 Å². The Balaban J connectivity index is 1.76. The van der Waals surface area contributed by atoms with Gasteiger partial charge in [-0.1, -0.05) is 0 Å². The van der Waals surface area contributed by atoms with E-state index < -0.39 is 11.7 Å². The third-order valence-corrected chi connectivity index (χ3v) is 2.84. The summed E-state index contributed by atoms with van der Waals surface area (Å²) in [5, 5.41) is 5.95. The Morgan fingerprint density at radius 2 is 2.00 bits per heavy atom. The van der Waals surface area contributed by atoms with Gasteiger partial charge in [-0.25, -0.2) is 14.8 Å². The van der Waals surface area contributed by atoms with Gasteiger partial charge in [-0.2, -0.15) is 0 Å². The highest BCUT2D eigenvalue weighted by Gasteiger charge is 2.39. The molecule has 104 valence electrons. The van der Waals surface area contributed by atoms with Crippen LogP contribution in [0.3, 0.4) is 0 Å². The van der Waals surface area contributed by atoms with Crippen LogP contribution in [-0.2, 0) is 4.74 Å². The quantitative estimate of drug-likeness (QED) is 0.890. The first-order chi connectivity index (χ1) is 8.83. The number of hydrogen-bond acceptors (Lipinski definition) is 5. The number of carbonyl (C=O) groups excluding carboxylic acids is 1. The highest BCUT2D eigenvalue weighted by molar-refractivity contribution is 9.10. The first kappa shape index (κ1) is 14.0. The number of alkyl carbamates (subject to hydrolysis) is 1. The molecular weight excluding hydrogens is 312 g/mol. The predicted molar refractivity (Wildman–Crippen MR) is 74.9 cm³/mol. The molecule has 0 bridgehead atoms. The molecule has 2 unspecified atom stereocenters. The van der Waals surface area contributed by atoms with Gasteiger partial charge in [0.15, 0.2) is 0 Å². The summed E-state index contributed by atoms with van der Waals surface area (Å²) in [5.41, 5.74) is -0.475. The van der Waals surface area contributed by atoms with Gasteiger partial charge in [0.05, 0.1) is 16.6 Å². The van der Waals surface area contributed by atoms with Crippen molar-refractivity contribution in [1.29, 1.82) is 0 Å². The summed E-state index contributed by atoms with van der Waals surface area (Å²) in [6, 6.07) is 0.232. The molecule has 0 spiro atoms. The lowest BCUT2D eigenvalue weighted by Crippen LogP contribution is -2.35. The number of nitrogens with zero attached hydrogens (tertiary/aromatic N) is 2. The molecule has 1 heterocycles. The van der Waals surface area contributed by atoms with Gasteiger partial charge in [-0.05, 0) is 43.1 Å². The minimum atomic E-state index is -0.475. The molecule has 2 rings (SSSR count). The Hall–Kier alpha value is -1.37. The van der Waals surface area contributed by atoms with Crippen LogP contribution < -0.4 is 10.6 Å². The lowest BCUT2D eigenvalue weighted by Gasteiger charge is -2.19. The van der Waals surface area contributed by atoms with Crippen LogP contribution in [0.2, 0.25) is 0 Å². The van der Waals surface area contributed by atoms with Crippen molar-refractivity contribution < 1.29 is 9.53 Å². The molecule has 0 aromatic carbocycles. The largest absolute Gasteiger partial charge is 0.444 e. The molecule has 0 saturated heterocycles. The Kier molecular flexibility index (Phi) is 3.93. The lowest BCUT2D eigenvalue weighted by atomic mass is 10.2. The minimum Gasteiger partial charge on any atom is -0.444 e. The second-order valence-electron chi connectivity index (χ2n) is 5.46. The van der Waals surface area contributed by atoms with Gasteiger partial charge >= 0.3 is 6.09 Å². The van der Waals surface area contributed by atoms with Crippen LogP contribution in [-0.4, -0.2) is 33.7 Å². The standard InChI is InChI=1S/C12H17BrN4O2/c1-12(2,3)19-11(18)17-9-4-8(9)16-10-14-5-7(13)6-15-10/h5-6,8-9H,4H2,1-3H3,(H,17,18)(H,14,15,16). The topological polar surface area (TPSA) is 76.1 Å². The monoisotopic (exact) mass is 328 g/mol. The fraction of sp³-hybridized carbons (Fsp3) is 0.583. The lowest BCUT2D eigenvalue weighted by molar-refractivity contribution is 0.0523. The van der Waals surface area contributed by atoms with Crippen LogP contribution in [0, 0.1) is 0 Å². The molecule has 1 fully saturated rings. The van der Waals surface area contributed by atoms with Crippen molar-refractivity contribution in [3.8, 4) is 0 Å². The normalized spacial score (nSPS) is 21.7. The zero-order valence-corrected chi connectivity index (χ0v) is 12.7. The number of halogens is 1. The summed E-state index contributed by atoms with van der Waals surface area (Å²) >= 11 is 3.27. The van der Waals surface area contributed by atoms with Crippen molar-refractivity contribution in [3.05, 3.63) is 16.9 Å². The van der Waals surface area contributed by atoms with E-state index in [1.54, 1.807) is 12.4 Å². The summed E-state index contributed by atoms with van der Waals surface area (Å²) < 4.78 is 6.02. The average Bonchev–Trinajstić information content (AvgIpc) is 2.97. The number of hydrogen-bond donors (Lipinski definition) is 2. The number of rotatable bonds is 3. The van der Waals surface area contributed by atoms with Crippen molar-refractivity contribution >= 4 is 28.0 Å². The van der Waals surface area contributed by atoms with E-state index in [2.05, 4.69) is 36.5 Å². The Morgan fingerprint density at radius 1 is 1.37 bits per heavy atom. The highest BCUT2D eigenvalue weighted by Crippen LogP contribution is 2.25. The molecule has 1 aromatic heterocycles. The number of amides is 1. The molecule has 2 atom stereocenters. The summed E-state index contributed by atoms with van der Waals surface area (Å²) in [7, 11) is 0. The van der Waals surface area contributed by atoms with Gasteiger partial charge < -0.3 is 15.4 Å². The molecule has 6 nitrogen and oxygen atoms in total. The van der Waals surface area contributed by atoms with Gasteiger partial charge in [0.1, 0.15) is 5.60 Å². The second-order valence-corrected chi connectivity index (χ2v) is 6.38. The van der Waals surface area contributed by atoms with E-state index in [0.717, 1.165) is 10.9 Å². The third-order valence-electron chi connectivity index (χ3n) is 2.43. The number of anilines is 1. The molecule has 1 aromatic rings. The molecule has 0 radical (unpaired) electrons. The van der Waals surface area contributed by atoms with Crippen LogP contribution in [0.5, 0.6) is 0 Å². The van der Waals surface area contributed by atoms with Gasteiger partial charge in [-0.15, -0.1) is 0 Å². The van der Waals surface area contributed by atoms with Crippen molar-refractivity contribution in [2.75, 3.05) is 5.32 Å². The summed E-state index contributed by atoms with van der Waals surface area (Å²) in [4.78, 5) is 19.8. The minimum absolute atomic E-state index is 0.0714. The van der Waals surface area contributed by atoms with Crippen molar-refractivity contribution in [2.45, 2.75) is 44.9 Å². The van der Waals surface area contributed by atoms with Crippen molar-refractivity contribution in [2.24, 2.45) is 0 Å². The van der Waals surface area contributed by atoms with E-state index >= 15 is 0 Å². The maximum atomic E-state index is 11.6. The summed E-state index contributed by atoms with van der Waals surface area (Å²) in [5.74, 6) is 0.557. The molecule has 2 N–H and O–H groups in total. The number of nitrogens with one attached hydrogen (secondary N) is 2. The van der Waals surface area contributed by atoms with E-state index in [-0.39, 0.29) is 12.1 Å². The first-order valence-electron chi connectivity index (χ1n) is 6.07. The maximum absolute atomic E-state index is 11.6. The van der Waals surface area contributed by atoms with Crippen molar-refractivity contribution in [1.82, 2.24) is 15.3 Å². The molecule has 1 amide bonds. The van der Waals surface area contributed by atoms with E-state index in [4.69, 9.17) is 4.74 Å². The fourth-order valence-electron chi connectivity index (χ4n) is 1.53. The van der Waals surface area contributed by atoms with Gasteiger partial charge in [0.25, 0.3) is 0 Å². The Morgan fingerprint density at radius 3 is 2.58 bits per heavy atom. The number of aromatic nitrogens is 2. The van der Waals surface area contributed by atoms with E-state index in [0.29, 0.717) is 5.95 Å². The molecule has 1 aliphatic rings. The zero-order chi connectivity index (χ0) is 14.0. The molecular formula is C12H17BrN4O2. The van der Waals surface area contributed by atoms with Gasteiger partial charge in [0.2, 0.25) is 5.95 Å². The SMILES string of the molecule is CC(C)(C)OC(=O)NC1CC1Nc1ncc(Br)cn1. The van der Waals surface area contributed by atoms with Crippen LogP contribution >= 0.6 is 15.9 Å². The maximum Gasteiger partial charge on any atom is 0.407 e. The fourth-order valence-corrected chi connectivity index (χ4v) is 1.73. The predicted octanol–water partition coefficient (Wildman–Crippen LogP) is 2.32. The first-order valence-corrected chi connectivity index (χ1v) is 6.86. The molecule has 1 saturated carbocycles.